The van der Waals surface area contributed by atoms with Crippen molar-refractivity contribution < 1.29 is 13.2 Å². The van der Waals surface area contributed by atoms with Gasteiger partial charge in [-0.15, -0.1) is 0 Å². The van der Waals surface area contributed by atoms with Crippen LogP contribution in [0, 0.1) is 5.92 Å². The van der Waals surface area contributed by atoms with Gasteiger partial charge < -0.3 is 9.88 Å². The lowest BCUT2D eigenvalue weighted by Crippen LogP contribution is -2.49. The third kappa shape index (κ3) is 4.74. The predicted octanol–water partition coefficient (Wildman–Crippen LogP) is 5.11. The molecule has 196 valence electrons. The van der Waals surface area contributed by atoms with Gasteiger partial charge in [0.25, 0.3) is 0 Å². The zero-order valence-corrected chi connectivity index (χ0v) is 22.1. The number of aromatic nitrogens is 2. The zero-order chi connectivity index (χ0) is 26.1. The molecule has 7 nitrogen and oxygen atoms in total. The maximum atomic E-state index is 13.8. The number of nitrogens with one attached hydrogen (secondary N) is 1. The molecule has 2 aliphatic heterocycles. The highest BCUT2D eigenvalue weighted by atomic mass is 32.2. The van der Waals surface area contributed by atoms with Crippen molar-refractivity contribution in [2.24, 2.45) is 5.92 Å². The van der Waals surface area contributed by atoms with Gasteiger partial charge in [0.15, 0.2) is 0 Å². The van der Waals surface area contributed by atoms with Crippen LogP contribution < -0.4 is 0 Å². The van der Waals surface area contributed by atoms with Gasteiger partial charge >= 0.3 is 0 Å². The fraction of sp³-hybridized carbons (Fsp3) is 0.333. The molecule has 0 radical (unpaired) electrons. The van der Waals surface area contributed by atoms with Crippen molar-refractivity contribution in [3.8, 4) is 0 Å². The SMILES string of the molecule is O=C([C@H]1CC[C@@H](c2ccccc2)N(S(=O)(=O)c2ccccc2)C1)N1CCC(c2nc3ccccc3[nH]2)CC1. The van der Waals surface area contributed by atoms with Gasteiger partial charge in [0.1, 0.15) is 5.82 Å². The van der Waals surface area contributed by atoms with Crippen molar-refractivity contribution >= 4 is 27.0 Å². The number of amides is 1. The van der Waals surface area contributed by atoms with Crippen LogP contribution in [0.5, 0.6) is 0 Å². The number of para-hydroxylation sites is 2. The maximum absolute atomic E-state index is 13.8. The second-order valence-corrected chi connectivity index (χ2v) is 12.2. The number of carbonyl (C=O) groups excluding carboxylic acids is 1. The third-order valence-corrected chi connectivity index (χ3v) is 9.91. The Morgan fingerprint density at radius 1 is 0.816 bits per heavy atom. The summed E-state index contributed by atoms with van der Waals surface area (Å²) in [6.07, 6.45) is 2.97. The minimum Gasteiger partial charge on any atom is -0.342 e. The van der Waals surface area contributed by atoms with Crippen molar-refractivity contribution in [1.29, 1.82) is 0 Å². The second kappa shape index (κ2) is 10.3. The minimum absolute atomic E-state index is 0.0628. The van der Waals surface area contributed by atoms with E-state index >= 15 is 0 Å². The molecule has 0 unspecified atom stereocenters. The van der Waals surface area contributed by atoms with Crippen LogP contribution in [0.2, 0.25) is 0 Å². The molecule has 3 aromatic carbocycles. The van der Waals surface area contributed by atoms with Crippen molar-refractivity contribution in [3.63, 3.8) is 0 Å². The molecule has 4 aromatic rings. The third-order valence-electron chi connectivity index (χ3n) is 8.02. The number of sulfonamides is 1. The molecule has 0 aliphatic carbocycles. The van der Waals surface area contributed by atoms with E-state index in [2.05, 4.69) is 4.98 Å². The van der Waals surface area contributed by atoms with E-state index < -0.39 is 10.0 Å². The number of hydrogen-bond acceptors (Lipinski definition) is 4. The molecule has 1 aromatic heterocycles. The summed E-state index contributed by atoms with van der Waals surface area (Å²) in [5.74, 6) is 0.987. The fourth-order valence-corrected chi connectivity index (χ4v) is 7.65. The van der Waals surface area contributed by atoms with Gasteiger partial charge in [-0.2, -0.15) is 4.31 Å². The molecule has 38 heavy (non-hydrogen) atoms. The normalized spacial score (nSPS) is 21.5. The molecule has 2 aliphatic rings. The molecule has 6 rings (SSSR count). The van der Waals surface area contributed by atoms with Crippen LogP contribution in [0.1, 0.15) is 49.0 Å². The zero-order valence-electron chi connectivity index (χ0n) is 21.2. The number of imidazole rings is 1. The van der Waals surface area contributed by atoms with Crippen LogP contribution >= 0.6 is 0 Å². The number of H-pyrrole nitrogens is 1. The summed E-state index contributed by atoms with van der Waals surface area (Å²) in [7, 11) is -3.76. The molecule has 2 atom stereocenters. The standard InChI is InChI=1S/C30H32N4O3S/c35-30(33-19-17-23(18-20-33)29-31-26-13-7-8-14-27(26)32-29)24-15-16-28(22-9-3-1-4-10-22)34(21-24)38(36,37)25-11-5-2-6-12-25/h1-14,23-24,28H,15-21H2,(H,31,32)/t24-,28-/m0/s1. The number of nitrogens with zero attached hydrogens (tertiary/aromatic N) is 3. The number of rotatable bonds is 5. The summed E-state index contributed by atoms with van der Waals surface area (Å²) in [5, 5.41) is 0. The number of benzene rings is 3. The predicted molar refractivity (Wildman–Crippen MR) is 147 cm³/mol. The average Bonchev–Trinajstić information content (AvgIpc) is 3.42. The van der Waals surface area contributed by atoms with Gasteiger partial charge in [-0.25, -0.2) is 13.4 Å². The molecule has 0 spiro atoms. The smallest absolute Gasteiger partial charge is 0.243 e. The van der Waals surface area contributed by atoms with Gasteiger partial charge in [0, 0.05) is 25.6 Å². The number of aromatic amines is 1. The lowest BCUT2D eigenvalue weighted by Gasteiger charge is -2.41. The minimum atomic E-state index is -3.76. The Morgan fingerprint density at radius 2 is 1.47 bits per heavy atom. The molecule has 1 amide bonds. The number of hydrogen-bond donors (Lipinski definition) is 1. The van der Waals surface area contributed by atoms with Crippen LogP contribution in [0.4, 0.5) is 0 Å². The van der Waals surface area contributed by atoms with Crippen molar-refractivity contribution in [3.05, 3.63) is 96.3 Å². The average molecular weight is 529 g/mol. The highest BCUT2D eigenvalue weighted by Crippen LogP contribution is 2.38. The van der Waals surface area contributed by atoms with Gasteiger partial charge in [0.2, 0.25) is 15.9 Å². The highest BCUT2D eigenvalue weighted by molar-refractivity contribution is 7.89. The van der Waals surface area contributed by atoms with Crippen LogP contribution in [0.15, 0.2) is 89.8 Å². The molecule has 2 saturated heterocycles. The Bertz CT molecular complexity index is 1480. The first-order chi connectivity index (χ1) is 18.5. The molecule has 1 N–H and O–H groups in total. The van der Waals surface area contributed by atoms with Crippen LogP contribution in [0.3, 0.4) is 0 Å². The number of likely N-dealkylation sites (tertiary alicyclic amines) is 1. The number of piperidine rings is 2. The molecule has 8 heteroatoms. The Morgan fingerprint density at radius 3 is 2.18 bits per heavy atom. The van der Waals surface area contributed by atoms with E-state index in [9.17, 15) is 13.2 Å². The molecular formula is C30H32N4O3S. The Labute approximate surface area is 223 Å². The van der Waals surface area contributed by atoms with Gasteiger partial charge in [-0.3, -0.25) is 4.79 Å². The van der Waals surface area contributed by atoms with Crippen molar-refractivity contribution in [1.82, 2.24) is 19.2 Å². The molecule has 0 bridgehead atoms. The van der Waals surface area contributed by atoms with E-state index in [1.165, 1.54) is 0 Å². The summed E-state index contributed by atoms with van der Waals surface area (Å²) >= 11 is 0. The topological polar surface area (TPSA) is 86.4 Å². The molecule has 2 fully saturated rings. The lowest BCUT2D eigenvalue weighted by molar-refractivity contribution is -0.138. The van der Waals surface area contributed by atoms with Crippen LogP contribution in [0.25, 0.3) is 11.0 Å². The Hall–Kier alpha value is -3.49. The second-order valence-electron chi connectivity index (χ2n) is 10.3. The fourth-order valence-electron chi connectivity index (χ4n) is 5.94. The number of carbonyl (C=O) groups is 1. The lowest BCUT2D eigenvalue weighted by atomic mass is 9.89. The first kappa shape index (κ1) is 24.8. The van der Waals surface area contributed by atoms with E-state index in [0.717, 1.165) is 35.3 Å². The van der Waals surface area contributed by atoms with E-state index in [4.69, 9.17) is 4.98 Å². The maximum Gasteiger partial charge on any atom is 0.243 e. The quantitative estimate of drug-likeness (QED) is 0.390. The molecular weight excluding hydrogens is 496 g/mol. The monoisotopic (exact) mass is 528 g/mol. The van der Waals surface area contributed by atoms with E-state index in [1.807, 2.05) is 65.6 Å². The van der Waals surface area contributed by atoms with Crippen molar-refractivity contribution in [2.75, 3.05) is 19.6 Å². The largest absolute Gasteiger partial charge is 0.342 e. The van der Waals surface area contributed by atoms with Gasteiger partial charge in [-0.05, 0) is 55.5 Å². The van der Waals surface area contributed by atoms with E-state index in [-0.39, 0.29) is 35.2 Å². The number of fused-ring (bicyclic) bond motifs is 1. The van der Waals surface area contributed by atoms with Gasteiger partial charge in [-0.1, -0.05) is 60.7 Å². The summed E-state index contributed by atoms with van der Waals surface area (Å²) in [6, 6.07) is 26.1. The van der Waals surface area contributed by atoms with Gasteiger partial charge in [0.05, 0.1) is 27.9 Å². The Kier molecular flexibility index (Phi) is 6.76. The molecule has 0 saturated carbocycles. The molecule has 3 heterocycles. The highest BCUT2D eigenvalue weighted by Gasteiger charge is 2.41. The first-order valence-corrected chi connectivity index (χ1v) is 14.8. The summed E-state index contributed by atoms with van der Waals surface area (Å²) in [6.45, 7) is 1.51. The summed E-state index contributed by atoms with van der Waals surface area (Å²) in [5.41, 5.74) is 2.97. The van der Waals surface area contributed by atoms with E-state index in [0.29, 0.717) is 25.9 Å². The van der Waals surface area contributed by atoms with Crippen LogP contribution in [-0.2, 0) is 14.8 Å². The van der Waals surface area contributed by atoms with Crippen molar-refractivity contribution in [2.45, 2.75) is 42.5 Å². The summed E-state index contributed by atoms with van der Waals surface area (Å²) < 4.78 is 29.1. The summed E-state index contributed by atoms with van der Waals surface area (Å²) in [4.78, 5) is 24.1. The first-order valence-electron chi connectivity index (χ1n) is 13.4. The van der Waals surface area contributed by atoms with Crippen LogP contribution in [-0.4, -0.2) is 53.1 Å². The van der Waals surface area contributed by atoms with E-state index in [1.54, 1.807) is 28.6 Å². The Balaban J connectivity index is 1.18.